The number of amides is 2. The zero-order chi connectivity index (χ0) is 27.8. The van der Waals surface area contributed by atoms with Crippen molar-refractivity contribution in [2.45, 2.75) is 6.92 Å². The van der Waals surface area contributed by atoms with Crippen LogP contribution < -0.4 is 20.2 Å². The smallest absolute Gasteiger partial charge is 0.343 e. The molecule has 0 radical (unpaired) electrons. The fraction of sp³-hybridized carbons (Fsp3) is 0.0667. The van der Waals surface area contributed by atoms with Gasteiger partial charge in [0.1, 0.15) is 11.5 Å². The highest BCUT2D eigenvalue weighted by Gasteiger charge is 2.15. The first-order valence-electron chi connectivity index (χ1n) is 11.8. The van der Waals surface area contributed by atoms with E-state index in [1.165, 1.54) is 6.21 Å². The number of hydrogen-bond donors (Lipinski definition) is 2. The van der Waals surface area contributed by atoms with Gasteiger partial charge >= 0.3 is 5.97 Å². The fourth-order valence-electron chi connectivity index (χ4n) is 3.59. The fourth-order valence-corrected chi connectivity index (χ4v) is 3.97. The Hall–Kier alpha value is -4.76. The van der Waals surface area contributed by atoms with Crippen molar-refractivity contribution in [2.75, 3.05) is 12.4 Å². The maximum atomic E-state index is 12.9. The van der Waals surface area contributed by atoms with E-state index in [2.05, 4.69) is 31.8 Å². The Labute approximate surface area is 233 Å². The van der Waals surface area contributed by atoms with E-state index in [0.29, 0.717) is 28.1 Å². The molecule has 4 aromatic rings. The summed E-state index contributed by atoms with van der Waals surface area (Å²) in [5.74, 6) is -0.548. The van der Waals surface area contributed by atoms with Gasteiger partial charge in [-0.15, -0.1) is 0 Å². The number of anilines is 1. The van der Waals surface area contributed by atoms with Crippen molar-refractivity contribution in [1.82, 2.24) is 5.43 Å². The molecule has 196 valence electrons. The number of esters is 1. The van der Waals surface area contributed by atoms with Crippen molar-refractivity contribution in [1.29, 1.82) is 0 Å². The third-order valence-corrected chi connectivity index (χ3v) is 6.06. The molecule has 39 heavy (non-hydrogen) atoms. The van der Waals surface area contributed by atoms with Crippen LogP contribution in [0.25, 0.3) is 0 Å². The van der Waals surface area contributed by atoms with Crippen LogP contribution in [0, 0.1) is 6.92 Å². The van der Waals surface area contributed by atoms with Gasteiger partial charge in [-0.1, -0.05) is 45.8 Å². The van der Waals surface area contributed by atoms with E-state index in [4.69, 9.17) is 9.47 Å². The van der Waals surface area contributed by atoms with Crippen molar-refractivity contribution in [3.63, 3.8) is 0 Å². The van der Waals surface area contributed by atoms with Gasteiger partial charge in [0.15, 0.2) is 0 Å². The molecule has 0 aliphatic rings. The number of para-hydroxylation sites is 1. The second-order valence-corrected chi connectivity index (χ2v) is 9.28. The Morgan fingerprint density at radius 2 is 1.62 bits per heavy atom. The molecule has 0 aliphatic carbocycles. The first kappa shape index (κ1) is 27.3. The predicted octanol–water partition coefficient (Wildman–Crippen LogP) is 6.00. The summed E-state index contributed by atoms with van der Waals surface area (Å²) < 4.78 is 11.4. The van der Waals surface area contributed by atoms with E-state index >= 15 is 0 Å². The molecule has 4 rings (SSSR count). The summed E-state index contributed by atoms with van der Waals surface area (Å²) in [6.45, 7) is 1.90. The van der Waals surface area contributed by atoms with E-state index in [-0.39, 0.29) is 17.2 Å². The molecule has 0 aliphatic heterocycles. The molecule has 8 nitrogen and oxygen atoms in total. The Kier molecular flexibility index (Phi) is 8.86. The number of carbonyl (C=O) groups is 3. The topological polar surface area (TPSA) is 106 Å². The van der Waals surface area contributed by atoms with Crippen LogP contribution in [0.15, 0.2) is 101 Å². The lowest BCUT2D eigenvalue weighted by atomic mass is 10.1. The van der Waals surface area contributed by atoms with Gasteiger partial charge in [0.2, 0.25) is 0 Å². The monoisotopic (exact) mass is 585 g/mol. The Bertz CT molecular complexity index is 1550. The highest BCUT2D eigenvalue weighted by atomic mass is 79.9. The van der Waals surface area contributed by atoms with E-state index in [1.807, 2.05) is 13.0 Å². The number of nitrogens with one attached hydrogen (secondary N) is 2. The highest BCUT2D eigenvalue weighted by molar-refractivity contribution is 9.10. The van der Waals surface area contributed by atoms with Crippen molar-refractivity contribution in [2.24, 2.45) is 5.10 Å². The molecule has 2 N–H and O–H groups in total. The van der Waals surface area contributed by atoms with Crippen LogP contribution >= 0.6 is 15.9 Å². The largest absolute Gasteiger partial charge is 0.497 e. The maximum absolute atomic E-state index is 12.9. The normalized spacial score (nSPS) is 10.6. The maximum Gasteiger partial charge on any atom is 0.343 e. The lowest BCUT2D eigenvalue weighted by molar-refractivity contribution is 0.0733. The molecule has 0 heterocycles. The summed E-state index contributed by atoms with van der Waals surface area (Å²) in [4.78, 5) is 38.3. The van der Waals surface area contributed by atoms with E-state index in [9.17, 15) is 14.4 Å². The van der Waals surface area contributed by atoms with Crippen molar-refractivity contribution in [3.8, 4) is 11.5 Å². The number of ether oxygens (including phenoxy) is 2. The molecule has 0 saturated carbocycles. The number of rotatable bonds is 8. The van der Waals surface area contributed by atoms with E-state index < -0.39 is 11.9 Å². The Morgan fingerprint density at radius 1 is 0.846 bits per heavy atom. The second-order valence-electron chi connectivity index (χ2n) is 8.37. The van der Waals surface area contributed by atoms with Crippen LogP contribution in [0.5, 0.6) is 11.5 Å². The molecular weight excluding hydrogens is 562 g/mol. The van der Waals surface area contributed by atoms with Crippen molar-refractivity contribution >= 4 is 45.6 Å². The molecule has 4 aromatic carbocycles. The van der Waals surface area contributed by atoms with Crippen LogP contribution in [0.4, 0.5) is 5.69 Å². The number of hydrogen-bond acceptors (Lipinski definition) is 6. The number of carbonyl (C=O) groups excluding carboxylic acids is 3. The number of methoxy groups -OCH3 is 1. The van der Waals surface area contributed by atoms with Gasteiger partial charge in [-0.3, -0.25) is 9.59 Å². The van der Waals surface area contributed by atoms with Gasteiger partial charge in [-0.25, -0.2) is 10.2 Å². The molecule has 0 atom stereocenters. The predicted molar refractivity (Wildman–Crippen MR) is 153 cm³/mol. The molecule has 0 fully saturated rings. The molecule has 9 heteroatoms. The standard InChI is InChI=1S/C30H24BrN3O5/c1-19-6-5-7-21(16-19)28(35)33-26-9-4-3-8-25(26)29(36)34-32-18-22-17-23(31)12-15-27(22)39-30(37)20-10-13-24(38-2)14-11-20/h3-18H,1-2H3,(H,33,35)(H,34,36)/b32-18-. The Balaban J connectivity index is 1.47. The summed E-state index contributed by atoms with van der Waals surface area (Å²) in [5.41, 5.74) is 5.27. The van der Waals surface area contributed by atoms with Gasteiger partial charge in [0.25, 0.3) is 11.8 Å². The highest BCUT2D eigenvalue weighted by Crippen LogP contribution is 2.23. The quantitative estimate of drug-likeness (QED) is 0.114. The minimum absolute atomic E-state index is 0.232. The molecule has 2 amide bonds. The van der Waals surface area contributed by atoms with Crippen LogP contribution in [-0.2, 0) is 0 Å². The molecule has 0 unspecified atom stereocenters. The number of nitrogens with zero attached hydrogens (tertiary/aromatic N) is 1. The first-order chi connectivity index (χ1) is 18.8. The van der Waals surface area contributed by atoms with E-state index in [0.717, 1.165) is 10.0 Å². The van der Waals surface area contributed by atoms with Gasteiger partial charge in [-0.05, 0) is 73.7 Å². The van der Waals surface area contributed by atoms with Crippen LogP contribution in [-0.4, -0.2) is 31.1 Å². The first-order valence-corrected chi connectivity index (χ1v) is 12.6. The second kappa shape index (κ2) is 12.7. The van der Waals surface area contributed by atoms with E-state index in [1.54, 1.807) is 92.0 Å². The van der Waals surface area contributed by atoms with Crippen molar-refractivity contribution < 1.29 is 23.9 Å². The molecular formula is C30H24BrN3O5. The lowest BCUT2D eigenvalue weighted by Crippen LogP contribution is -2.21. The summed E-state index contributed by atoms with van der Waals surface area (Å²) >= 11 is 3.39. The summed E-state index contributed by atoms with van der Waals surface area (Å²) in [6.07, 6.45) is 1.37. The minimum atomic E-state index is -0.558. The van der Waals surface area contributed by atoms with Gasteiger partial charge in [0, 0.05) is 15.6 Å². The van der Waals surface area contributed by atoms with Gasteiger partial charge in [-0.2, -0.15) is 5.10 Å². The zero-order valence-electron chi connectivity index (χ0n) is 21.1. The summed E-state index contributed by atoms with van der Waals surface area (Å²) in [7, 11) is 1.54. The van der Waals surface area contributed by atoms with Gasteiger partial charge < -0.3 is 14.8 Å². The average Bonchev–Trinajstić information content (AvgIpc) is 2.94. The van der Waals surface area contributed by atoms with Crippen LogP contribution in [0.1, 0.15) is 42.2 Å². The van der Waals surface area contributed by atoms with Crippen LogP contribution in [0.2, 0.25) is 0 Å². The number of aryl methyl sites for hydroxylation is 1. The molecule has 0 spiro atoms. The SMILES string of the molecule is COc1ccc(C(=O)Oc2ccc(Br)cc2/C=N\NC(=O)c2ccccc2NC(=O)c2cccc(C)c2)cc1. The molecule has 0 aromatic heterocycles. The minimum Gasteiger partial charge on any atom is -0.497 e. The third kappa shape index (κ3) is 7.18. The number of halogens is 1. The Morgan fingerprint density at radius 3 is 2.36 bits per heavy atom. The third-order valence-electron chi connectivity index (χ3n) is 5.57. The van der Waals surface area contributed by atoms with Crippen molar-refractivity contribution in [3.05, 3.63) is 123 Å². The van der Waals surface area contributed by atoms with Crippen LogP contribution in [0.3, 0.4) is 0 Å². The summed E-state index contributed by atoms with van der Waals surface area (Å²) in [6, 6.07) is 25.3. The zero-order valence-corrected chi connectivity index (χ0v) is 22.7. The number of benzene rings is 4. The average molecular weight is 586 g/mol. The molecule has 0 bridgehead atoms. The molecule has 0 saturated heterocycles. The summed E-state index contributed by atoms with van der Waals surface area (Å²) in [5, 5.41) is 6.83. The lowest BCUT2D eigenvalue weighted by Gasteiger charge is -2.11. The number of hydrazone groups is 1. The van der Waals surface area contributed by atoms with Gasteiger partial charge in [0.05, 0.1) is 30.1 Å².